The minimum absolute atomic E-state index is 0.133. The predicted molar refractivity (Wildman–Crippen MR) is 71.9 cm³/mol. The molecule has 0 aromatic carbocycles. The van der Waals surface area contributed by atoms with Crippen LogP contribution in [0.5, 0.6) is 0 Å². The third kappa shape index (κ3) is 3.09. The van der Waals surface area contributed by atoms with E-state index in [9.17, 15) is 14.7 Å². The van der Waals surface area contributed by atoms with E-state index in [0.717, 1.165) is 11.4 Å². The Morgan fingerprint density at radius 2 is 2.37 bits per heavy atom. The lowest BCUT2D eigenvalue weighted by molar-refractivity contribution is -0.150. The number of nitrogens with zero attached hydrogens (tertiary/aromatic N) is 2. The molecule has 0 fully saturated rings. The third-order valence-electron chi connectivity index (χ3n) is 3.04. The molecule has 0 spiro atoms. The third-order valence-corrected chi connectivity index (χ3v) is 4.12. The lowest BCUT2D eigenvalue weighted by atomic mass is 10.0. The van der Waals surface area contributed by atoms with Crippen LogP contribution in [0.15, 0.2) is 6.33 Å². The quantitative estimate of drug-likeness (QED) is 0.857. The zero-order valence-electron chi connectivity index (χ0n) is 10.9. The van der Waals surface area contributed by atoms with E-state index in [1.54, 1.807) is 6.33 Å². The predicted octanol–water partition coefficient (Wildman–Crippen LogP) is 0.889. The molecule has 19 heavy (non-hydrogen) atoms. The maximum Gasteiger partial charge on any atom is 0.326 e. The van der Waals surface area contributed by atoms with Crippen molar-refractivity contribution in [2.24, 2.45) is 0 Å². The first-order valence-electron chi connectivity index (χ1n) is 6.14. The Labute approximate surface area is 115 Å². The molecule has 104 valence electrons. The number of thioether (sulfide) groups is 1. The summed E-state index contributed by atoms with van der Waals surface area (Å²) >= 11 is 1.52. The summed E-state index contributed by atoms with van der Waals surface area (Å²) in [6.07, 6.45) is 1.81. The van der Waals surface area contributed by atoms with Gasteiger partial charge in [-0.05, 0) is 5.25 Å². The summed E-state index contributed by atoms with van der Waals surface area (Å²) in [5.74, 6) is -0.798. The maximum atomic E-state index is 12.2. The van der Waals surface area contributed by atoms with Crippen LogP contribution in [0, 0.1) is 0 Å². The lowest BCUT2D eigenvalue weighted by Gasteiger charge is -2.32. The van der Waals surface area contributed by atoms with Crippen molar-refractivity contribution in [2.45, 2.75) is 38.1 Å². The van der Waals surface area contributed by atoms with Crippen LogP contribution >= 0.6 is 11.8 Å². The Hall–Kier alpha value is -1.50. The second-order valence-electron chi connectivity index (χ2n) is 4.77. The number of carboxylic acids is 1. The van der Waals surface area contributed by atoms with Crippen molar-refractivity contribution >= 4 is 23.6 Å². The number of carbonyl (C=O) groups excluding carboxylic acids is 1. The van der Waals surface area contributed by atoms with Crippen LogP contribution in [0.1, 0.15) is 25.2 Å². The first-order chi connectivity index (χ1) is 8.99. The Morgan fingerprint density at radius 1 is 1.63 bits per heavy atom. The number of rotatable bonds is 4. The Morgan fingerprint density at radius 3 is 3.00 bits per heavy atom. The maximum absolute atomic E-state index is 12.2. The number of aromatic amines is 1. The fraction of sp³-hybridized carbons (Fsp3) is 0.583. The lowest BCUT2D eigenvalue weighted by Crippen LogP contribution is -2.49. The van der Waals surface area contributed by atoms with Gasteiger partial charge in [-0.1, -0.05) is 13.8 Å². The molecule has 1 atom stereocenters. The number of hydrogen-bond donors (Lipinski definition) is 2. The summed E-state index contributed by atoms with van der Waals surface area (Å²) in [5, 5.41) is 9.61. The molecule has 1 aliphatic rings. The van der Waals surface area contributed by atoms with E-state index in [4.69, 9.17) is 0 Å². The van der Waals surface area contributed by atoms with E-state index < -0.39 is 12.0 Å². The number of amides is 1. The second-order valence-corrected chi connectivity index (χ2v) is 6.33. The highest BCUT2D eigenvalue weighted by Crippen LogP contribution is 2.22. The molecule has 1 aliphatic heterocycles. The van der Waals surface area contributed by atoms with Crippen molar-refractivity contribution in [3.63, 3.8) is 0 Å². The van der Waals surface area contributed by atoms with Gasteiger partial charge in [0.05, 0.1) is 30.0 Å². The van der Waals surface area contributed by atoms with Crippen molar-refractivity contribution in [2.75, 3.05) is 5.75 Å². The summed E-state index contributed by atoms with van der Waals surface area (Å²) in [6.45, 7) is 4.31. The monoisotopic (exact) mass is 283 g/mol. The van der Waals surface area contributed by atoms with Crippen LogP contribution in [0.2, 0.25) is 0 Å². The SMILES string of the molecule is CC(C)SCC(=O)N1Cc2[nH]cnc2CC1C(=O)O. The van der Waals surface area contributed by atoms with E-state index in [0.29, 0.717) is 17.5 Å². The van der Waals surface area contributed by atoms with E-state index >= 15 is 0 Å². The number of H-pyrrole nitrogens is 1. The van der Waals surface area contributed by atoms with Gasteiger partial charge in [0, 0.05) is 6.42 Å². The number of hydrogen-bond acceptors (Lipinski definition) is 4. The zero-order chi connectivity index (χ0) is 14.0. The van der Waals surface area contributed by atoms with Gasteiger partial charge in [0.15, 0.2) is 0 Å². The highest BCUT2D eigenvalue weighted by atomic mass is 32.2. The summed E-state index contributed by atoms with van der Waals surface area (Å²) in [5.41, 5.74) is 1.58. The fourth-order valence-electron chi connectivity index (χ4n) is 2.04. The molecule has 1 amide bonds. The standard InChI is InChI=1S/C12H17N3O3S/c1-7(2)19-5-11(16)15-4-9-8(13-6-14-9)3-10(15)12(17)18/h6-7,10H,3-5H2,1-2H3,(H,13,14)(H,17,18). The Bertz CT molecular complexity index is 486. The molecule has 0 saturated heterocycles. The molecular weight excluding hydrogens is 266 g/mol. The number of carbonyl (C=O) groups is 2. The number of nitrogens with one attached hydrogen (secondary N) is 1. The Kier molecular flexibility index (Phi) is 4.14. The topological polar surface area (TPSA) is 86.3 Å². The minimum Gasteiger partial charge on any atom is -0.480 e. The highest BCUT2D eigenvalue weighted by Gasteiger charge is 2.35. The van der Waals surface area contributed by atoms with Crippen LogP contribution in [-0.2, 0) is 22.6 Å². The van der Waals surface area contributed by atoms with Gasteiger partial charge in [0.2, 0.25) is 5.91 Å². The number of aromatic nitrogens is 2. The van der Waals surface area contributed by atoms with Crippen LogP contribution < -0.4 is 0 Å². The highest BCUT2D eigenvalue weighted by molar-refractivity contribution is 8.00. The van der Waals surface area contributed by atoms with Crippen molar-refractivity contribution in [3.05, 3.63) is 17.7 Å². The zero-order valence-corrected chi connectivity index (χ0v) is 11.7. The van der Waals surface area contributed by atoms with Crippen molar-refractivity contribution in [1.29, 1.82) is 0 Å². The second kappa shape index (κ2) is 5.64. The molecular formula is C12H17N3O3S. The van der Waals surface area contributed by atoms with E-state index in [1.165, 1.54) is 16.7 Å². The van der Waals surface area contributed by atoms with E-state index in [1.807, 2.05) is 13.8 Å². The number of imidazole rings is 1. The van der Waals surface area contributed by atoms with Crippen molar-refractivity contribution in [1.82, 2.24) is 14.9 Å². The molecule has 0 bridgehead atoms. The van der Waals surface area contributed by atoms with E-state index in [2.05, 4.69) is 9.97 Å². The average Bonchev–Trinajstić information content (AvgIpc) is 2.81. The molecule has 0 aliphatic carbocycles. The summed E-state index contributed by atoms with van der Waals surface area (Å²) < 4.78 is 0. The van der Waals surface area contributed by atoms with Crippen LogP contribution in [-0.4, -0.2) is 48.9 Å². The molecule has 1 aromatic rings. The van der Waals surface area contributed by atoms with Crippen molar-refractivity contribution < 1.29 is 14.7 Å². The first kappa shape index (κ1) is 13.9. The molecule has 7 heteroatoms. The molecule has 2 N–H and O–H groups in total. The number of aliphatic carboxylic acids is 1. The fourth-order valence-corrected chi connectivity index (χ4v) is 2.68. The Balaban J connectivity index is 2.13. The smallest absolute Gasteiger partial charge is 0.326 e. The molecule has 2 rings (SSSR count). The van der Waals surface area contributed by atoms with Gasteiger partial charge in [-0.15, -0.1) is 11.8 Å². The first-order valence-corrected chi connectivity index (χ1v) is 7.19. The van der Waals surface area contributed by atoms with Gasteiger partial charge < -0.3 is 15.0 Å². The van der Waals surface area contributed by atoms with Gasteiger partial charge in [-0.2, -0.15) is 0 Å². The van der Waals surface area contributed by atoms with Crippen LogP contribution in [0.25, 0.3) is 0 Å². The largest absolute Gasteiger partial charge is 0.480 e. The van der Waals surface area contributed by atoms with E-state index in [-0.39, 0.29) is 12.3 Å². The van der Waals surface area contributed by atoms with Crippen LogP contribution in [0.4, 0.5) is 0 Å². The summed E-state index contributed by atoms with van der Waals surface area (Å²) in [4.78, 5) is 31.9. The van der Waals surface area contributed by atoms with Gasteiger partial charge in [-0.25, -0.2) is 9.78 Å². The molecule has 1 unspecified atom stereocenters. The van der Waals surface area contributed by atoms with Gasteiger partial charge in [0.1, 0.15) is 6.04 Å². The number of carboxylic acid groups (broad SMARTS) is 1. The van der Waals surface area contributed by atoms with Crippen molar-refractivity contribution in [3.8, 4) is 0 Å². The molecule has 1 aromatic heterocycles. The summed E-state index contributed by atoms with van der Waals surface area (Å²) in [7, 11) is 0. The molecule has 0 radical (unpaired) electrons. The van der Waals surface area contributed by atoms with Gasteiger partial charge >= 0.3 is 5.97 Å². The number of fused-ring (bicyclic) bond motifs is 1. The van der Waals surface area contributed by atoms with Gasteiger partial charge in [0.25, 0.3) is 0 Å². The summed E-state index contributed by atoms with van der Waals surface area (Å²) in [6, 6.07) is -0.809. The van der Waals surface area contributed by atoms with Gasteiger partial charge in [-0.3, -0.25) is 4.79 Å². The van der Waals surface area contributed by atoms with Crippen LogP contribution in [0.3, 0.4) is 0 Å². The minimum atomic E-state index is -0.975. The molecule has 0 saturated carbocycles. The molecule has 2 heterocycles. The average molecular weight is 283 g/mol. The normalized spacial score (nSPS) is 18.5. The molecule has 6 nitrogen and oxygen atoms in total.